The Morgan fingerprint density at radius 2 is 1.89 bits per heavy atom. The van der Waals surface area contributed by atoms with Crippen molar-refractivity contribution in [3.05, 3.63) is 85.7 Å². The van der Waals surface area contributed by atoms with Gasteiger partial charge in [0.05, 0.1) is 22.7 Å². The van der Waals surface area contributed by atoms with Crippen molar-refractivity contribution in [3.8, 4) is 22.8 Å². The molecule has 2 aliphatic heterocycles. The molecule has 0 spiro atoms. The predicted octanol–water partition coefficient (Wildman–Crippen LogP) is 5.39. The van der Waals surface area contributed by atoms with Gasteiger partial charge in [0, 0.05) is 22.9 Å². The zero-order valence-corrected chi connectivity index (χ0v) is 22.7. The fraction of sp³-hybridized carbons (Fsp3) is 0.222. The predicted molar refractivity (Wildman–Crippen MR) is 147 cm³/mol. The van der Waals surface area contributed by atoms with E-state index in [0.29, 0.717) is 38.1 Å². The lowest BCUT2D eigenvalue weighted by molar-refractivity contribution is -0.480. The molecule has 1 unspecified atom stereocenters. The van der Waals surface area contributed by atoms with Crippen molar-refractivity contribution in [2.24, 2.45) is 0 Å². The summed E-state index contributed by atoms with van der Waals surface area (Å²) in [6.45, 7) is 7.73. The highest BCUT2D eigenvalue weighted by atomic mass is 32.2. The minimum Gasteiger partial charge on any atom is -0.914 e. The van der Waals surface area contributed by atoms with Gasteiger partial charge in [-0.1, -0.05) is 36.4 Å². The maximum atomic E-state index is 13.5. The summed E-state index contributed by atoms with van der Waals surface area (Å²) >= 11 is 6.58. The number of rotatable bonds is 6. The number of benzene rings is 2. The molecule has 2 aliphatic rings. The Hall–Kier alpha value is -3.14. The molecular formula is C27H26N3O3S3-. The third-order valence-electron chi connectivity index (χ3n) is 6.18. The van der Waals surface area contributed by atoms with E-state index in [4.69, 9.17) is 17.0 Å². The SMILES string of the molecule is CCN1C(=CC=C2C=[N+](CC)[C-](c3sc(=S)n(CC)c3[O-])S2=O)Oc2ccc(-c3ccccc3)cc21. The van der Waals surface area contributed by atoms with Crippen molar-refractivity contribution >= 4 is 46.3 Å². The molecule has 3 aromatic rings. The average Bonchev–Trinajstić information content (AvgIpc) is 3.51. The van der Waals surface area contributed by atoms with Crippen molar-refractivity contribution in [1.29, 1.82) is 0 Å². The number of anilines is 1. The second-order valence-electron chi connectivity index (χ2n) is 8.20. The summed E-state index contributed by atoms with van der Waals surface area (Å²) in [5.41, 5.74) is 3.26. The molecule has 2 aromatic carbocycles. The van der Waals surface area contributed by atoms with Gasteiger partial charge in [0.2, 0.25) is 5.88 Å². The number of hydrogen-bond acceptors (Lipinski definition) is 6. The lowest BCUT2D eigenvalue weighted by atomic mass is 10.0. The van der Waals surface area contributed by atoms with Gasteiger partial charge in [-0.3, -0.25) is 8.78 Å². The molecule has 0 saturated heterocycles. The highest BCUT2D eigenvalue weighted by Crippen LogP contribution is 2.42. The van der Waals surface area contributed by atoms with Crippen LogP contribution in [0, 0.1) is 9.33 Å². The molecule has 0 fully saturated rings. The van der Waals surface area contributed by atoms with Gasteiger partial charge in [-0.25, -0.2) is 0 Å². The molecule has 0 aliphatic carbocycles. The van der Waals surface area contributed by atoms with Crippen molar-refractivity contribution in [2.45, 2.75) is 27.3 Å². The molecule has 1 aromatic heterocycles. The Labute approximate surface area is 222 Å². The highest BCUT2D eigenvalue weighted by Gasteiger charge is 2.33. The Morgan fingerprint density at radius 1 is 1.11 bits per heavy atom. The van der Waals surface area contributed by atoms with E-state index in [9.17, 15) is 9.32 Å². The minimum atomic E-state index is -1.50. The van der Waals surface area contributed by atoms with Gasteiger partial charge in [-0.2, -0.15) is 0 Å². The first-order chi connectivity index (χ1) is 17.5. The van der Waals surface area contributed by atoms with Crippen LogP contribution in [0.5, 0.6) is 11.6 Å². The fourth-order valence-electron chi connectivity index (χ4n) is 4.35. The lowest BCUT2D eigenvalue weighted by Crippen LogP contribution is -2.19. The van der Waals surface area contributed by atoms with Crippen LogP contribution in [0.15, 0.2) is 71.5 Å². The number of nitrogens with zero attached hydrogens (tertiary/aromatic N) is 3. The monoisotopic (exact) mass is 536 g/mol. The summed E-state index contributed by atoms with van der Waals surface area (Å²) in [5.74, 6) is 1.28. The molecule has 6 nitrogen and oxygen atoms in total. The van der Waals surface area contributed by atoms with E-state index < -0.39 is 10.8 Å². The summed E-state index contributed by atoms with van der Waals surface area (Å²) in [6, 6.07) is 16.4. The van der Waals surface area contributed by atoms with E-state index in [2.05, 4.69) is 36.1 Å². The summed E-state index contributed by atoms with van der Waals surface area (Å²) in [7, 11) is -1.50. The maximum Gasteiger partial charge on any atom is 0.200 e. The fourth-order valence-corrected chi connectivity index (χ4v) is 7.35. The molecule has 3 heterocycles. The summed E-state index contributed by atoms with van der Waals surface area (Å²) in [4.78, 5) is 3.16. The number of fused-ring (bicyclic) bond motifs is 1. The van der Waals surface area contributed by atoms with Crippen LogP contribution in [0.2, 0.25) is 0 Å². The summed E-state index contributed by atoms with van der Waals surface area (Å²) in [5, 5.41) is 13.4. The number of allylic oxidation sites excluding steroid dienone is 3. The second kappa shape index (κ2) is 10.1. The molecule has 0 radical (unpaired) electrons. The van der Waals surface area contributed by atoms with Crippen molar-refractivity contribution in [1.82, 2.24) is 4.57 Å². The zero-order valence-electron chi connectivity index (χ0n) is 20.3. The summed E-state index contributed by atoms with van der Waals surface area (Å²) in [6.07, 6.45) is 5.50. The first kappa shape index (κ1) is 24.5. The highest BCUT2D eigenvalue weighted by molar-refractivity contribution is 7.93. The van der Waals surface area contributed by atoms with Crippen LogP contribution in [-0.4, -0.2) is 32.7 Å². The van der Waals surface area contributed by atoms with E-state index in [1.165, 1.54) is 11.3 Å². The van der Waals surface area contributed by atoms with Crippen LogP contribution in [0.1, 0.15) is 25.6 Å². The van der Waals surface area contributed by atoms with Gasteiger partial charge in [0.15, 0.2) is 11.1 Å². The third kappa shape index (κ3) is 4.21. The molecule has 0 saturated carbocycles. The van der Waals surface area contributed by atoms with E-state index in [0.717, 1.165) is 29.1 Å². The van der Waals surface area contributed by atoms with Crippen LogP contribution in [-0.2, 0) is 17.3 Å². The molecular weight excluding hydrogens is 511 g/mol. The Balaban J connectivity index is 1.46. The number of aromatic nitrogens is 1. The topological polar surface area (TPSA) is 60.5 Å². The smallest absolute Gasteiger partial charge is 0.200 e. The number of ether oxygens (including phenoxy) is 1. The van der Waals surface area contributed by atoms with Crippen molar-refractivity contribution in [3.63, 3.8) is 0 Å². The van der Waals surface area contributed by atoms with Gasteiger partial charge in [-0.05, 0) is 68.4 Å². The largest absolute Gasteiger partial charge is 0.914 e. The third-order valence-corrected chi connectivity index (χ3v) is 9.20. The zero-order chi connectivity index (χ0) is 25.4. The van der Waals surface area contributed by atoms with Crippen LogP contribution >= 0.6 is 23.6 Å². The van der Waals surface area contributed by atoms with Gasteiger partial charge < -0.3 is 19.3 Å². The standard InChI is InChI=1S/C27H27N3O3S3/c1-4-28-17-20(36(32)26(28)24-25(31)30(6-3)27(34)35-24)13-15-23-29(5-2)21-16-19(12-14-22(21)33-23)18-10-8-7-9-11-18/h7-17,31H,4-6H2,1-3H3/p-1. The van der Waals surface area contributed by atoms with E-state index in [-0.39, 0.29) is 5.88 Å². The molecule has 9 heteroatoms. The van der Waals surface area contributed by atoms with Crippen molar-refractivity contribution in [2.75, 3.05) is 18.0 Å². The van der Waals surface area contributed by atoms with E-state index in [1.54, 1.807) is 4.57 Å². The Morgan fingerprint density at radius 3 is 2.56 bits per heavy atom. The van der Waals surface area contributed by atoms with Crippen LogP contribution in [0.4, 0.5) is 5.69 Å². The molecule has 36 heavy (non-hydrogen) atoms. The number of hydrogen-bond donors (Lipinski definition) is 0. The van der Waals surface area contributed by atoms with Crippen molar-refractivity contribution < 1.29 is 18.6 Å². The van der Waals surface area contributed by atoms with Crippen LogP contribution in [0.3, 0.4) is 0 Å². The second-order valence-corrected chi connectivity index (χ2v) is 11.2. The summed E-state index contributed by atoms with van der Waals surface area (Å²) < 4.78 is 23.6. The maximum absolute atomic E-state index is 13.5. The molecule has 186 valence electrons. The average molecular weight is 537 g/mol. The Bertz CT molecular complexity index is 1480. The van der Waals surface area contributed by atoms with E-state index in [1.807, 2.05) is 61.1 Å². The van der Waals surface area contributed by atoms with Gasteiger partial charge in [0.1, 0.15) is 10.5 Å². The first-order valence-electron chi connectivity index (χ1n) is 11.8. The number of thiazole rings is 1. The molecule has 0 N–H and O–H groups in total. The Kier molecular flexibility index (Phi) is 6.87. The van der Waals surface area contributed by atoms with Crippen LogP contribution in [0.25, 0.3) is 11.1 Å². The van der Waals surface area contributed by atoms with Gasteiger partial charge in [0.25, 0.3) is 0 Å². The lowest BCUT2D eigenvalue weighted by Gasteiger charge is -2.21. The molecule has 0 amide bonds. The van der Waals surface area contributed by atoms with E-state index >= 15 is 0 Å². The quantitative estimate of drug-likeness (QED) is 0.240. The van der Waals surface area contributed by atoms with Crippen LogP contribution < -0.4 is 14.7 Å². The molecule has 1 atom stereocenters. The first-order valence-corrected chi connectivity index (χ1v) is 14.2. The minimum absolute atomic E-state index is 0.178. The van der Waals surface area contributed by atoms with Gasteiger partial charge >= 0.3 is 0 Å². The van der Waals surface area contributed by atoms with Gasteiger partial charge in [-0.15, -0.1) is 17.2 Å². The normalized spacial score (nSPS) is 19.2. The molecule has 5 rings (SSSR count). The molecule has 0 bridgehead atoms.